The number of ether oxygens (including phenoxy) is 1. The lowest BCUT2D eigenvalue weighted by Gasteiger charge is -2.39. The first-order valence-electron chi connectivity index (χ1n) is 15.2. The third-order valence-corrected chi connectivity index (χ3v) is 6.91. The summed E-state index contributed by atoms with van der Waals surface area (Å²) in [7, 11) is 0. The maximum Gasteiger partial charge on any atom is 0.408 e. The normalized spacial score (nSPS) is 14.0. The van der Waals surface area contributed by atoms with Gasteiger partial charge in [-0.15, -0.1) is 0 Å². The molecular weight excluding hydrogens is 502 g/mol. The molecule has 0 heterocycles. The molecule has 3 atom stereocenters. The predicted octanol–water partition coefficient (Wildman–Crippen LogP) is 7.24. The molecule has 0 saturated carbocycles. The van der Waals surface area contributed by atoms with Crippen LogP contribution in [0.3, 0.4) is 0 Å². The zero-order valence-electron chi connectivity index (χ0n) is 27.1. The van der Waals surface area contributed by atoms with E-state index >= 15 is 0 Å². The number of carbonyl (C=O) groups is 3. The number of hydrogen-bond acceptors (Lipinski definition) is 4. The van der Waals surface area contributed by atoms with E-state index in [1.807, 2.05) is 46.8 Å². The van der Waals surface area contributed by atoms with Crippen molar-refractivity contribution in [2.45, 2.75) is 138 Å². The quantitative estimate of drug-likeness (QED) is 0.222. The first-order valence-corrected chi connectivity index (χ1v) is 15.2. The number of hydrogen-bond donors (Lipinski definition) is 2. The number of benzene rings is 1. The average molecular weight is 560 g/mol. The summed E-state index contributed by atoms with van der Waals surface area (Å²) in [5.41, 5.74) is 2.17. The SMILES string of the molecule is CCCCCNC(=O)C(c1ccc(C)cc1C)N(C(=O)C(CC(C)C)NC(=O)OC(C)(C)C)C(C)CCC(C)C. The summed E-state index contributed by atoms with van der Waals surface area (Å²) in [6.45, 7) is 22.5. The average Bonchev–Trinajstić information content (AvgIpc) is 2.81. The predicted molar refractivity (Wildman–Crippen MR) is 164 cm³/mol. The number of carbonyl (C=O) groups excluding carboxylic acids is 3. The minimum Gasteiger partial charge on any atom is -0.444 e. The van der Waals surface area contributed by atoms with Gasteiger partial charge in [-0.25, -0.2) is 4.79 Å². The zero-order chi connectivity index (χ0) is 30.6. The van der Waals surface area contributed by atoms with Crippen LogP contribution in [0, 0.1) is 25.7 Å². The summed E-state index contributed by atoms with van der Waals surface area (Å²) in [5, 5.41) is 5.97. The summed E-state index contributed by atoms with van der Waals surface area (Å²) in [6, 6.07) is 4.15. The van der Waals surface area contributed by atoms with E-state index in [0.717, 1.165) is 48.8 Å². The van der Waals surface area contributed by atoms with Crippen LogP contribution in [0.4, 0.5) is 4.79 Å². The smallest absolute Gasteiger partial charge is 0.408 e. The molecule has 0 saturated heterocycles. The van der Waals surface area contributed by atoms with Gasteiger partial charge in [0.05, 0.1) is 0 Å². The number of nitrogens with one attached hydrogen (secondary N) is 2. The van der Waals surface area contributed by atoms with E-state index in [4.69, 9.17) is 4.74 Å². The summed E-state index contributed by atoms with van der Waals surface area (Å²) < 4.78 is 5.52. The van der Waals surface area contributed by atoms with E-state index in [-0.39, 0.29) is 23.8 Å². The first kappa shape index (κ1) is 35.5. The van der Waals surface area contributed by atoms with E-state index in [1.165, 1.54) is 0 Å². The Morgan fingerprint density at radius 1 is 0.950 bits per heavy atom. The lowest BCUT2D eigenvalue weighted by Crippen LogP contribution is -2.56. The molecule has 1 aromatic carbocycles. The Hall–Kier alpha value is -2.57. The van der Waals surface area contributed by atoms with Gasteiger partial charge in [0.15, 0.2) is 0 Å². The van der Waals surface area contributed by atoms with Crippen molar-refractivity contribution < 1.29 is 19.1 Å². The van der Waals surface area contributed by atoms with E-state index in [0.29, 0.717) is 18.9 Å². The summed E-state index contributed by atoms with van der Waals surface area (Å²) in [5.74, 6) is 0.144. The Morgan fingerprint density at radius 2 is 1.60 bits per heavy atom. The third-order valence-electron chi connectivity index (χ3n) is 6.91. The molecule has 40 heavy (non-hydrogen) atoms. The fourth-order valence-corrected chi connectivity index (χ4v) is 4.87. The maximum absolute atomic E-state index is 14.5. The molecule has 0 aromatic heterocycles. The van der Waals surface area contributed by atoms with Crippen LogP contribution in [0.25, 0.3) is 0 Å². The van der Waals surface area contributed by atoms with Gasteiger partial charge in [0.1, 0.15) is 17.7 Å². The molecule has 0 bridgehead atoms. The molecule has 7 heteroatoms. The van der Waals surface area contributed by atoms with Crippen molar-refractivity contribution >= 4 is 17.9 Å². The minimum atomic E-state index is -0.822. The van der Waals surface area contributed by atoms with Crippen molar-refractivity contribution in [3.05, 3.63) is 34.9 Å². The van der Waals surface area contributed by atoms with E-state index < -0.39 is 23.8 Å². The van der Waals surface area contributed by atoms with Crippen LogP contribution < -0.4 is 10.6 Å². The van der Waals surface area contributed by atoms with Crippen molar-refractivity contribution in [3.8, 4) is 0 Å². The molecule has 0 radical (unpaired) electrons. The van der Waals surface area contributed by atoms with Crippen molar-refractivity contribution in [2.24, 2.45) is 11.8 Å². The molecular formula is C33H57N3O4. The number of unbranched alkanes of at least 4 members (excludes halogenated alkanes) is 2. The van der Waals surface area contributed by atoms with Gasteiger partial charge in [0.2, 0.25) is 11.8 Å². The second kappa shape index (κ2) is 16.6. The van der Waals surface area contributed by atoms with Crippen molar-refractivity contribution in [2.75, 3.05) is 6.54 Å². The van der Waals surface area contributed by atoms with Crippen LogP contribution in [0.5, 0.6) is 0 Å². The Morgan fingerprint density at radius 3 is 2.12 bits per heavy atom. The first-order chi connectivity index (χ1) is 18.6. The number of rotatable bonds is 15. The zero-order valence-corrected chi connectivity index (χ0v) is 27.1. The lowest BCUT2D eigenvalue weighted by atomic mass is 9.92. The molecule has 7 nitrogen and oxygen atoms in total. The Balaban J connectivity index is 3.64. The van der Waals surface area contributed by atoms with Crippen molar-refractivity contribution in [1.82, 2.24) is 15.5 Å². The number of nitrogens with zero attached hydrogens (tertiary/aromatic N) is 1. The summed E-state index contributed by atoms with van der Waals surface area (Å²) in [4.78, 5) is 43.1. The second-order valence-electron chi connectivity index (χ2n) is 13.2. The van der Waals surface area contributed by atoms with Crippen molar-refractivity contribution in [3.63, 3.8) is 0 Å². The van der Waals surface area contributed by atoms with Crippen LogP contribution in [-0.2, 0) is 14.3 Å². The van der Waals surface area contributed by atoms with Gasteiger partial charge in [-0.05, 0) is 90.2 Å². The highest BCUT2D eigenvalue weighted by Gasteiger charge is 2.39. The van der Waals surface area contributed by atoms with Gasteiger partial charge >= 0.3 is 6.09 Å². The highest BCUT2D eigenvalue weighted by atomic mass is 16.6. The highest BCUT2D eigenvalue weighted by Crippen LogP contribution is 2.30. The molecule has 3 amide bonds. The van der Waals surface area contributed by atoms with E-state index in [9.17, 15) is 14.4 Å². The van der Waals surface area contributed by atoms with Gasteiger partial charge in [0.25, 0.3) is 0 Å². The largest absolute Gasteiger partial charge is 0.444 e. The Labute approximate surface area is 244 Å². The lowest BCUT2D eigenvalue weighted by molar-refractivity contribution is -0.145. The number of alkyl carbamates (subject to hydrolysis) is 1. The van der Waals surface area contributed by atoms with Gasteiger partial charge in [0, 0.05) is 12.6 Å². The molecule has 2 N–H and O–H groups in total. The van der Waals surface area contributed by atoms with Crippen LogP contribution in [0.15, 0.2) is 18.2 Å². The van der Waals surface area contributed by atoms with Gasteiger partial charge in [-0.1, -0.05) is 71.2 Å². The minimum absolute atomic E-state index is 0.138. The molecule has 0 aliphatic heterocycles. The molecule has 3 unspecified atom stereocenters. The van der Waals surface area contributed by atoms with Gasteiger partial charge < -0.3 is 20.3 Å². The van der Waals surface area contributed by atoms with Gasteiger partial charge in [-0.3, -0.25) is 9.59 Å². The molecule has 1 aromatic rings. The second-order valence-corrected chi connectivity index (χ2v) is 13.2. The van der Waals surface area contributed by atoms with Crippen molar-refractivity contribution in [1.29, 1.82) is 0 Å². The van der Waals surface area contributed by atoms with Crippen LogP contribution in [0.1, 0.15) is 124 Å². The van der Waals surface area contributed by atoms with Crippen LogP contribution >= 0.6 is 0 Å². The molecule has 0 aliphatic carbocycles. The number of amides is 3. The standard InChI is InChI=1S/C33H57N3O4/c1-12-13-14-19-34-30(37)29(27-18-16-24(6)21-25(27)7)36(26(8)17-15-22(2)3)31(38)28(20-23(4)5)35-32(39)40-33(9,10)11/h16,18,21-23,26,28-29H,12-15,17,19-20H2,1-11H3,(H,34,37)(H,35,39). The summed E-state index contributed by atoms with van der Waals surface area (Å²) in [6.07, 6.45) is 4.43. The molecule has 0 fully saturated rings. The Kier molecular flexibility index (Phi) is 14.7. The fourth-order valence-electron chi connectivity index (χ4n) is 4.87. The molecule has 0 spiro atoms. The van der Waals surface area contributed by atoms with Gasteiger partial charge in [-0.2, -0.15) is 0 Å². The third kappa shape index (κ3) is 12.3. The Bertz CT molecular complexity index is 952. The topological polar surface area (TPSA) is 87.7 Å². The van der Waals surface area contributed by atoms with Crippen LogP contribution in [-0.4, -0.2) is 47.0 Å². The monoisotopic (exact) mass is 559 g/mol. The van der Waals surface area contributed by atoms with E-state index in [1.54, 1.807) is 25.7 Å². The fraction of sp³-hybridized carbons (Fsp3) is 0.727. The highest BCUT2D eigenvalue weighted by molar-refractivity contribution is 5.92. The molecule has 228 valence electrons. The molecule has 0 aliphatic rings. The van der Waals surface area contributed by atoms with E-state index in [2.05, 4.69) is 37.5 Å². The summed E-state index contributed by atoms with van der Waals surface area (Å²) >= 11 is 0. The number of aryl methyl sites for hydroxylation is 2. The van der Waals surface area contributed by atoms with Crippen LogP contribution in [0.2, 0.25) is 0 Å². The molecule has 1 rings (SSSR count). The maximum atomic E-state index is 14.5.